The molecule has 2 saturated heterocycles. The molecule has 0 saturated carbocycles. The van der Waals surface area contributed by atoms with Gasteiger partial charge in [-0.1, -0.05) is 6.42 Å². The van der Waals surface area contributed by atoms with E-state index in [1.54, 1.807) is 0 Å². The third-order valence-corrected chi connectivity index (χ3v) is 5.35. The molecule has 5 nitrogen and oxygen atoms in total. The molecule has 0 N–H and O–H groups in total. The number of Topliss-reactive ketones (excluding diaryl/α,β-unsaturated/α-hetero) is 1. The fourth-order valence-electron chi connectivity index (χ4n) is 3.82. The van der Waals surface area contributed by atoms with Gasteiger partial charge >= 0.3 is 0 Å². The Balaban J connectivity index is 1.48. The minimum absolute atomic E-state index is 0.000365. The fraction of sp³-hybridized carbons (Fsp3) is 0.619. The van der Waals surface area contributed by atoms with Crippen molar-refractivity contribution in [3.8, 4) is 0 Å². The number of carbonyl (C=O) groups excluding carboxylic acids is 2. The molecule has 0 aliphatic carbocycles. The number of carbonyl (C=O) groups is 2. The number of piperidine rings is 1. The van der Waals surface area contributed by atoms with Gasteiger partial charge in [-0.25, -0.2) is 4.39 Å². The van der Waals surface area contributed by atoms with Crippen molar-refractivity contribution in [3.05, 3.63) is 35.6 Å². The summed E-state index contributed by atoms with van der Waals surface area (Å²) in [6, 6.07) is 5.48. The van der Waals surface area contributed by atoms with Crippen LogP contribution in [-0.4, -0.2) is 66.9 Å². The van der Waals surface area contributed by atoms with Gasteiger partial charge in [0.05, 0.1) is 6.10 Å². The first-order valence-electron chi connectivity index (χ1n) is 10.0. The predicted octanol–water partition coefficient (Wildman–Crippen LogP) is 2.89. The number of halogens is 1. The minimum Gasteiger partial charge on any atom is -0.375 e. The number of likely N-dealkylation sites (tertiary alicyclic amines) is 1. The lowest BCUT2D eigenvalue weighted by Crippen LogP contribution is -2.43. The minimum atomic E-state index is -0.369. The number of nitrogens with zero attached hydrogens (tertiary/aromatic N) is 2. The molecule has 148 valence electrons. The summed E-state index contributed by atoms with van der Waals surface area (Å²) in [5.41, 5.74) is 0.450. The average Bonchev–Trinajstić information content (AvgIpc) is 2.93. The highest BCUT2D eigenvalue weighted by Crippen LogP contribution is 2.15. The summed E-state index contributed by atoms with van der Waals surface area (Å²) >= 11 is 0. The zero-order chi connectivity index (χ0) is 19.1. The topological polar surface area (TPSA) is 49.9 Å². The second-order valence-electron chi connectivity index (χ2n) is 7.48. The third kappa shape index (κ3) is 6.11. The maximum atomic E-state index is 13.0. The van der Waals surface area contributed by atoms with Crippen LogP contribution in [0.3, 0.4) is 0 Å². The molecule has 1 amide bonds. The predicted molar refractivity (Wildman–Crippen MR) is 101 cm³/mol. The maximum Gasteiger partial charge on any atom is 0.223 e. The number of ketones is 1. The number of rotatable bonds is 6. The Morgan fingerprint density at radius 3 is 2.48 bits per heavy atom. The van der Waals surface area contributed by atoms with Crippen molar-refractivity contribution in [3.63, 3.8) is 0 Å². The van der Waals surface area contributed by atoms with E-state index in [4.69, 9.17) is 4.74 Å². The molecule has 2 fully saturated rings. The van der Waals surface area contributed by atoms with E-state index in [1.807, 2.05) is 4.90 Å². The Morgan fingerprint density at radius 2 is 1.74 bits per heavy atom. The number of benzene rings is 1. The van der Waals surface area contributed by atoms with E-state index < -0.39 is 0 Å². The maximum absolute atomic E-state index is 13.0. The Morgan fingerprint density at radius 1 is 1.00 bits per heavy atom. The molecule has 2 heterocycles. The van der Waals surface area contributed by atoms with E-state index in [0.717, 1.165) is 26.1 Å². The van der Waals surface area contributed by atoms with Crippen molar-refractivity contribution in [1.29, 1.82) is 0 Å². The van der Waals surface area contributed by atoms with E-state index in [-0.39, 0.29) is 36.5 Å². The zero-order valence-electron chi connectivity index (χ0n) is 15.9. The summed E-state index contributed by atoms with van der Waals surface area (Å²) in [6.45, 7) is 5.05. The third-order valence-electron chi connectivity index (χ3n) is 5.35. The molecule has 2 aliphatic heterocycles. The van der Waals surface area contributed by atoms with Crippen molar-refractivity contribution in [2.45, 2.75) is 44.6 Å². The van der Waals surface area contributed by atoms with E-state index in [1.165, 1.54) is 43.5 Å². The first-order chi connectivity index (χ1) is 13.1. The monoisotopic (exact) mass is 376 g/mol. The molecule has 2 aliphatic rings. The average molecular weight is 376 g/mol. The molecule has 3 rings (SSSR count). The van der Waals surface area contributed by atoms with Crippen LogP contribution in [0.2, 0.25) is 0 Å². The molecule has 1 aromatic rings. The van der Waals surface area contributed by atoms with E-state index in [0.29, 0.717) is 25.3 Å². The summed E-state index contributed by atoms with van der Waals surface area (Å²) in [5, 5.41) is 0. The van der Waals surface area contributed by atoms with Gasteiger partial charge in [0.15, 0.2) is 5.78 Å². The van der Waals surface area contributed by atoms with Crippen LogP contribution in [0, 0.1) is 5.82 Å². The van der Waals surface area contributed by atoms with Gasteiger partial charge in [0.1, 0.15) is 5.82 Å². The first-order valence-corrected chi connectivity index (χ1v) is 10.0. The van der Waals surface area contributed by atoms with Crippen molar-refractivity contribution in [2.24, 2.45) is 0 Å². The molecular weight excluding hydrogens is 347 g/mol. The number of amides is 1. The summed E-state index contributed by atoms with van der Waals surface area (Å²) in [7, 11) is 0. The molecule has 0 bridgehead atoms. The number of hydrogen-bond donors (Lipinski definition) is 0. The van der Waals surface area contributed by atoms with Gasteiger partial charge in [0.2, 0.25) is 5.91 Å². The summed E-state index contributed by atoms with van der Waals surface area (Å²) in [6.07, 6.45) is 4.98. The molecule has 0 radical (unpaired) electrons. The van der Waals surface area contributed by atoms with Crippen LogP contribution in [0.5, 0.6) is 0 Å². The second kappa shape index (κ2) is 9.95. The van der Waals surface area contributed by atoms with Gasteiger partial charge in [0.25, 0.3) is 0 Å². The molecule has 1 atom stereocenters. The molecule has 1 unspecified atom stereocenters. The van der Waals surface area contributed by atoms with Gasteiger partial charge in [0, 0.05) is 44.6 Å². The second-order valence-corrected chi connectivity index (χ2v) is 7.48. The molecule has 6 heteroatoms. The van der Waals surface area contributed by atoms with Crippen LogP contribution < -0.4 is 0 Å². The molecule has 1 aromatic carbocycles. The normalized spacial score (nSPS) is 21.7. The Bertz CT molecular complexity index is 629. The largest absolute Gasteiger partial charge is 0.375 e. The van der Waals surface area contributed by atoms with Crippen LogP contribution in [0.4, 0.5) is 4.39 Å². The fourth-order valence-corrected chi connectivity index (χ4v) is 3.82. The SMILES string of the molecule is O=C(CCC(=O)N1CCCOC(CN2CCCCC2)C1)c1ccc(F)cc1. The lowest BCUT2D eigenvalue weighted by molar-refractivity contribution is -0.132. The van der Waals surface area contributed by atoms with Gasteiger partial charge in [-0.2, -0.15) is 0 Å². The van der Waals surface area contributed by atoms with E-state index in [9.17, 15) is 14.0 Å². The van der Waals surface area contributed by atoms with Crippen LogP contribution in [0.15, 0.2) is 24.3 Å². The highest BCUT2D eigenvalue weighted by atomic mass is 19.1. The molecule has 0 aromatic heterocycles. The first kappa shape index (κ1) is 20.0. The standard InChI is InChI=1S/C21H29FN2O3/c22-18-7-5-17(6-8-18)20(25)9-10-21(26)24-13-4-14-27-19(16-24)15-23-11-2-1-3-12-23/h5-8,19H,1-4,9-16H2. The van der Waals surface area contributed by atoms with E-state index >= 15 is 0 Å². The van der Waals surface area contributed by atoms with Gasteiger partial charge in [-0.3, -0.25) is 9.59 Å². The quantitative estimate of drug-likeness (QED) is 0.717. The van der Waals surface area contributed by atoms with Crippen molar-refractivity contribution >= 4 is 11.7 Å². The zero-order valence-corrected chi connectivity index (χ0v) is 15.9. The van der Waals surface area contributed by atoms with Crippen LogP contribution in [-0.2, 0) is 9.53 Å². The molecule has 27 heavy (non-hydrogen) atoms. The van der Waals surface area contributed by atoms with Crippen LogP contribution in [0.1, 0.15) is 48.9 Å². The van der Waals surface area contributed by atoms with E-state index in [2.05, 4.69) is 4.90 Å². The molecule has 0 spiro atoms. The van der Waals surface area contributed by atoms with Crippen molar-refractivity contribution in [1.82, 2.24) is 9.80 Å². The Hall–Kier alpha value is -1.79. The number of ether oxygens (including phenoxy) is 1. The highest BCUT2D eigenvalue weighted by molar-refractivity contribution is 5.97. The van der Waals surface area contributed by atoms with Crippen LogP contribution >= 0.6 is 0 Å². The highest BCUT2D eigenvalue weighted by Gasteiger charge is 2.25. The summed E-state index contributed by atoms with van der Waals surface area (Å²) in [5.74, 6) is -0.495. The van der Waals surface area contributed by atoms with Gasteiger partial charge in [-0.15, -0.1) is 0 Å². The lowest BCUT2D eigenvalue weighted by atomic mass is 10.1. The summed E-state index contributed by atoms with van der Waals surface area (Å²) < 4.78 is 18.9. The number of hydrogen-bond acceptors (Lipinski definition) is 4. The smallest absolute Gasteiger partial charge is 0.223 e. The Kier molecular flexibility index (Phi) is 7.35. The van der Waals surface area contributed by atoms with Crippen LogP contribution in [0.25, 0.3) is 0 Å². The van der Waals surface area contributed by atoms with Crippen molar-refractivity contribution in [2.75, 3.05) is 39.3 Å². The Labute approximate surface area is 160 Å². The van der Waals surface area contributed by atoms with Gasteiger partial charge < -0.3 is 14.5 Å². The molecular formula is C21H29FN2O3. The lowest BCUT2D eigenvalue weighted by Gasteiger charge is -2.31. The summed E-state index contributed by atoms with van der Waals surface area (Å²) in [4.78, 5) is 29.1. The van der Waals surface area contributed by atoms with Gasteiger partial charge in [-0.05, 0) is 56.6 Å². The van der Waals surface area contributed by atoms with Crippen molar-refractivity contribution < 1.29 is 18.7 Å².